The molecule has 114 valence electrons. The van der Waals surface area contributed by atoms with Crippen molar-refractivity contribution in [2.45, 2.75) is 0 Å². The average molecular weight is 307 g/mol. The predicted molar refractivity (Wildman–Crippen MR) is 83.4 cm³/mol. The fourth-order valence-electron chi connectivity index (χ4n) is 2.39. The second-order valence-corrected chi connectivity index (χ2v) is 5.14. The number of phenols is 1. The number of hydrogen-bond acceptors (Lipinski definition) is 5. The van der Waals surface area contributed by atoms with Gasteiger partial charge in [0.2, 0.25) is 0 Å². The SMILES string of the molecule is Cn1cnnc1-c1cc(Oc2ccc(O)cc2)c2cncn2c1. The summed E-state index contributed by atoms with van der Waals surface area (Å²) in [7, 11) is 1.88. The average Bonchev–Trinajstić information content (AvgIpc) is 3.18. The zero-order valence-corrected chi connectivity index (χ0v) is 12.3. The smallest absolute Gasteiger partial charge is 0.165 e. The molecular weight excluding hydrogens is 294 g/mol. The molecular formula is C16H13N5O2. The van der Waals surface area contributed by atoms with Crippen molar-refractivity contribution >= 4 is 5.52 Å². The van der Waals surface area contributed by atoms with Crippen LogP contribution in [0.15, 0.2) is 55.4 Å². The molecule has 0 saturated heterocycles. The summed E-state index contributed by atoms with van der Waals surface area (Å²) in [6, 6.07) is 8.47. The summed E-state index contributed by atoms with van der Waals surface area (Å²) >= 11 is 0. The van der Waals surface area contributed by atoms with E-state index < -0.39 is 0 Å². The Morgan fingerprint density at radius 2 is 1.96 bits per heavy atom. The van der Waals surface area contributed by atoms with E-state index in [4.69, 9.17) is 4.74 Å². The lowest BCUT2D eigenvalue weighted by atomic mass is 10.2. The zero-order chi connectivity index (χ0) is 15.8. The first-order valence-electron chi connectivity index (χ1n) is 6.98. The number of fused-ring (bicyclic) bond motifs is 1. The molecule has 1 N–H and O–H groups in total. The number of phenolic OH excluding ortho intramolecular Hbond substituents is 1. The van der Waals surface area contributed by atoms with Gasteiger partial charge in [-0.1, -0.05) is 0 Å². The third-order valence-corrected chi connectivity index (χ3v) is 3.52. The topological polar surface area (TPSA) is 77.5 Å². The van der Waals surface area contributed by atoms with Crippen LogP contribution in [0.5, 0.6) is 17.2 Å². The van der Waals surface area contributed by atoms with Gasteiger partial charge in [0.25, 0.3) is 0 Å². The first kappa shape index (κ1) is 13.3. The van der Waals surface area contributed by atoms with Crippen LogP contribution in [-0.4, -0.2) is 29.3 Å². The largest absolute Gasteiger partial charge is 0.508 e. The van der Waals surface area contributed by atoms with Crippen LogP contribution in [0.1, 0.15) is 0 Å². The molecule has 0 aliphatic rings. The van der Waals surface area contributed by atoms with Gasteiger partial charge in [0.15, 0.2) is 11.6 Å². The highest BCUT2D eigenvalue weighted by molar-refractivity contribution is 5.68. The molecule has 4 aromatic rings. The van der Waals surface area contributed by atoms with Crippen LogP contribution < -0.4 is 4.74 Å². The van der Waals surface area contributed by atoms with E-state index in [1.54, 1.807) is 43.1 Å². The Morgan fingerprint density at radius 3 is 2.70 bits per heavy atom. The van der Waals surface area contributed by atoms with Crippen LogP contribution in [0.25, 0.3) is 16.9 Å². The third-order valence-electron chi connectivity index (χ3n) is 3.52. The maximum atomic E-state index is 9.37. The fourth-order valence-corrected chi connectivity index (χ4v) is 2.39. The molecule has 0 aliphatic heterocycles. The van der Waals surface area contributed by atoms with Crippen molar-refractivity contribution in [2.24, 2.45) is 7.05 Å². The molecule has 0 amide bonds. The Balaban J connectivity index is 1.83. The molecule has 0 spiro atoms. The summed E-state index contributed by atoms with van der Waals surface area (Å²) in [5, 5.41) is 17.4. The van der Waals surface area contributed by atoms with Crippen molar-refractivity contribution in [3.8, 4) is 28.6 Å². The Bertz CT molecular complexity index is 972. The number of nitrogens with zero attached hydrogens (tertiary/aromatic N) is 5. The standard InChI is InChI=1S/C16H13N5O2/c1-20-10-18-19-16(20)11-6-15(14-7-17-9-21(14)8-11)23-13-4-2-12(22)3-5-13/h2-10,22H,1H3. The van der Waals surface area contributed by atoms with E-state index >= 15 is 0 Å². The number of aromatic nitrogens is 5. The monoisotopic (exact) mass is 307 g/mol. The maximum absolute atomic E-state index is 9.37. The van der Waals surface area contributed by atoms with Crippen molar-refractivity contribution in [1.29, 1.82) is 0 Å². The second kappa shape index (κ2) is 5.13. The first-order chi connectivity index (χ1) is 11.2. The minimum Gasteiger partial charge on any atom is -0.508 e. The molecule has 23 heavy (non-hydrogen) atoms. The number of benzene rings is 1. The van der Waals surface area contributed by atoms with E-state index in [1.807, 2.05) is 28.3 Å². The number of pyridine rings is 1. The lowest BCUT2D eigenvalue weighted by molar-refractivity contribution is 0.465. The molecule has 0 bridgehead atoms. The summed E-state index contributed by atoms with van der Waals surface area (Å²) in [5.41, 5.74) is 1.70. The molecule has 0 aliphatic carbocycles. The fraction of sp³-hybridized carbons (Fsp3) is 0.0625. The van der Waals surface area contributed by atoms with Crippen LogP contribution in [0.2, 0.25) is 0 Å². The molecule has 1 aromatic carbocycles. The molecule has 3 heterocycles. The highest BCUT2D eigenvalue weighted by Crippen LogP contribution is 2.31. The Kier molecular flexibility index (Phi) is 2.97. The number of imidazole rings is 1. The predicted octanol–water partition coefficient (Wildman–Crippen LogP) is 2.63. The number of hydrogen-bond donors (Lipinski definition) is 1. The van der Waals surface area contributed by atoms with Gasteiger partial charge in [-0.3, -0.25) is 0 Å². The van der Waals surface area contributed by atoms with E-state index in [-0.39, 0.29) is 5.75 Å². The number of aromatic hydroxyl groups is 1. The molecule has 7 nitrogen and oxygen atoms in total. The van der Waals surface area contributed by atoms with E-state index in [1.165, 1.54) is 0 Å². The molecule has 0 saturated carbocycles. The molecule has 0 unspecified atom stereocenters. The lowest BCUT2D eigenvalue weighted by Gasteiger charge is -2.10. The van der Waals surface area contributed by atoms with Gasteiger partial charge in [0.1, 0.15) is 23.3 Å². The number of ether oxygens (including phenoxy) is 1. The molecule has 7 heteroatoms. The summed E-state index contributed by atoms with van der Waals surface area (Å²) in [6.45, 7) is 0. The van der Waals surface area contributed by atoms with Gasteiger partial charge < -0.3 is 18.8 Å². The Labute approximate surface area is 131 Å². The number of rotatable bonds is 3. The summed E-state index contributed by atoms with van der Waals surface area (Å²) in [5.74, 6) is 2.20. The van der Waals surface area contributed by atoms with Crippen molar-refractivity contribution in [3.05, 3.63) is 55.4 Å². The zero-order valence-electron chi connectivity index (χ0n) is 12.3. The lowest BCUT2D eigenvalue weighted by Crippen LogP contribution is -1.96. The highest BCUT2D eigenvalue weighted by Gasteiger charge is 2.12. The van der Waals surface area contributed by atoms with Gasteiger partial charge in [-0.15, -0.1) is 10.2 Å². The van der Waals surface area contributed by atoms with E-state index in [2.05, 4.69) is 15.2 Å². The van der Waals surface area contributed by atoms with Crippen LogP contribution in [-0.2, 0) is 7.05 Å². The molecule has 0 fully saturated rings. The Morgan fingerprint density at radius 1 is 1.13 bits per heavy atom. The van der Waals surface area contributed by atoms with Crippen LogP contribution in [0.4, 0.5) is 0 Å². The molecule has 3 aromatic heterocycles. The van der Waals surface area contributed by atoms with Crippen LogP contribution >= 0.6 is 0 Å². The summed E-state index contributed by atoms with van der Waals surface area (Å²) in [4.78, 5) is 4.16. The minimum atomic E-state index is 0.194. The van der Waals surface area contributed by atoms with E-state index in [0.717, 1.165) is 16.9 Å². The van der Waals surface area contributed by atoms with Crippen molar-refractivity contribution in [2.75, 3.05) is 0 Å². The van der Waals surface area contributed by atoms with Gasteiger partial charge in [-0.05, 0) is 30.3 Å². The van der Waals surface area contributed by atoms with Crippen LogP contribution in [0, 0.1) is 0 Å². The van der Waals surface area contributed by atoms with Gasteiger partial charge in [-0.25, -0.2) is 4.98 Å². The molecule has 4 rings (SSSR count). The van der Waals surface area contributed by atoms with Crippen molar-refractivity contribution < 1.29 is 9.84 Å². The number of aryl methyl sites for hydroxylation is 1. The summed E-state index contributed by atoms with van der Waals surface area (Å²) < 4.78 is 9.66. The van der Waals surface area contributed by atoms with Crippen molar-refractivity contribution in [1.82, 2.24) is 24.1 Å². The van der Waals surface area contributed by atoms with Gasteiger partial charge >= 0.3 is 0 Å². The third kappa shape index (κ3) is 2.38. The van der Waals surface area contributed by atoms with Gasteiger partial charge in [-0.2, -0.15) is 0 Å². The Hall–Kier alpha value is -3.35. The minimum absolute atomic E-state index is 0.194. The molecule has 0 atom stereocenters. The second-order valence-electron chi connectivity index (χ2n) is 5.14. The van der Waals surface area contributed by atoms with E-state index in [0.29, 0.717) is 11.5 Å². The van der Waals surface area contributed by atoms with Crippen LogP contribution in [0.3, 0.4) is 0 Å². The maximum Gasteiger partial charge on any atom is 0.165 e. The normalized spacial score (nSPS) is 11.0. The highest BCUT2D eigenvalue weighted by atomic mass is 16.5. The quantitative estimate of drug-likeness (QED) is 0.629. The first-order valence-corrected chi connectivity index (χ1v) is 6.98. The van der Waals surface area contributed by atoms with Crippen molar-refractivity contribution in [3.63, 3.8) is 0 Å². The van der Waals surface area contributed by atoms with E-state index in [9.17, 15) is 5.11 Å². The summed E-state index contributed by atoms with van der Waals surface area (Å²) in [6.07, 6.45) is 7.01. The van der Waals surface area contributed by atoms with Gasteiger partial charge in [0.05, 0.1) is 12.5 Å². The van der Waals surface area contributed by atoms with Gasteiger partial charge in [0, 0.05) is 18.8 Å². The molecule has 0 radical (unpaired) electrons.